The molecule has 63 heavy (non-hydrogen) atoms. The molecule has 17 heteroatoms. The van der Waals surface area contributed by atoms with Gasteiger partial charge in [0.1, 0.15) is 42.0 Å². The number of H-pyrrole nitrogens is 1. The smallest absolute Gasteiger partial charge is 0.326 e. The topological polar surface area (TPSA) is 251 Å². The molecule has 3 aromatic carbocycles. The number of aliphatic carboxylic acids is 1. The summed E-state index contributed by atoms with van der Waals surface area (Å²) in [5.41, 5.74) is 2.93. The van der Waals surface area contributed by atoms with E-state index in [-0.39, 0.29) is 38.0 Å². The van der Waals surface area contributed by atoms with Crippen LogP contribution >= 0.6 is 0 Å². The molecule has 0 radical (unpaired) electrons. The quantitative estimate of drug-likeness (QED) is 0.107. The van der Waals surface area contributed by atoms with E-state index in [1.807, 2.05) is 54.6 Å². The number of hydrogen-bond acceptors (Lipinski definition) is 8. The highest BCUT2D eigenvalue weighted by Gasteiger charge is 2.35. The first-order valence-electron chi connectivity index (χ1n) is 21.2. The van der Waals surface area contributed by atoms with Crippen LogP contribution in [-0.4, -0.2) is 111 Å². The van der Waals surface area contributed by atoms with Crippen LogP contribution in [0.4, 0.5) is 4.79 Å². The average molecular weight is 867 g/mol. The lowest BCUT2D eigenvalue weighted by molar-refractivity contribution is -0.142. The summed E-state index contributed by atoms with van der Waals surface area (Å²) in [4.78, 5) is 100.0. The highest BCUT2D eigenvalue weighted by molar-refractivity contribution is 5.96. The van der Waals surface area contributed by atoms with Crippen LogP contribution in [0.2, 0.25) is 0 Å². The van der Waals surface area contributed by atoms with Crippen molar-refractivity contribution in [3.63, 3.8) is 0 Å². The summed E-state index contributed by atoms with van der Waals surface area (Å²) >= 11 is 0. The number of para-hydroxylation sites is 1. The third kappa shape index (κ3) is 13.5. The maximum Gasteiger partial charge on any atom is 0.326 e. The van der Waals surface area contributed by atoms with Gasteiger partial charge in [-0.2, -0.15) is 0 Å². The van der Waals surface area contributed by atoms with Crippen molar-refractivity contribution in [3.8, 4) is 5.75 Å². The fourth-order valence-corrected chi connectivity index (χ4v) is 7.34. The van der Waals surface area contributed by atoms with Crippen LogP contribution in [0.15, 0.2) is 84.9 Å². The number of aromatic nitrogens is 1. The lowest BCUT2D eigenvalue weighted by atomic mass is 9.99. The van der Waals surface area contributed by atoms with Crippen LogP contribution in [0.25, 0.3) is 10.9 Å². The first-order valence-corrected chi connectivity index (χ1v) is 21.2. The minimum absolute atomic E-state index is 0.0432. The van der Waals surface area contributed by atoms with Crippen LogP contribution < -0.4 is 31.9 Å². The van der Waals surface area contributed by atoms with E-state index in [0.717, 1.165) is 22.0 Å². The van der Waals surface area contributed by atoms with Gasteiger partial charge in [-0.25, -0.2) is 9.59 Å². The molecule has 9 N–H and O–H groups in total. The van der Waals surface area contributed by atoms with Crippen molar-refractivity contribution in [1.29, 1.82) is 0 Å². The molecule has 1 fully saturated rings. The van der Waals surface area contributed by atoms with Crippen LogP contribution in [0.5, 0.6) is 5.75 Å². The van der Waals surface area contributed by atoms with Crippen molar-refractivity contribution in [2.75, 3.05) is 13.6 Å². The normalized spacial score (nSPS) is 21.5. The predicted molar refractivity (Wildman–Crippen MR) is 235 cm³/mol. The van der Waals surface area contributed by atoms with Crippen molar-refractivity contribution >= 4 is 52.4 Å². The Labute approximate surface area is 366 Å². The van der Waals surface area contributed by atoms with Crippen LogP contribution in [-0.2, 0) is 48.0 Å². The number of benzene rings is 3. The van der Waals surface area contributed by atoms with Crippen molar-refractivity contribution < 1.29 is 43.8 Å². The van der Waals surface area contributed by atoms with E-state index in [1.165, 1.54) is 31.0 Å². The zero-order chi connectivity index (χ0) is 45.6. The predicted octanol–water partition coefficient (Wildman–Crippen LogP) is 2.67. The number of phenolic OH excluding ortho intramolecular Hbond substituents is 1. The maximum absolute atomic E-state index is 14.2. The van der Waals surface area contributed by atoms with Gasteiger partial charge >= 0.3 is 12.0 Å². The SMILES string of the molecule is CC(C)C1NC(=O)C(NC(=O)N[C@@H](Cc2cc3ccccc3[nH]2)C(=O)O)CCCCNC(=O)[C@H](Cc2ccccc2)NC(=O)[C@H](C)N(C)C(=O)C(CCc2ccc(O)cc2)NC1=O. The van der Waals surface area contributed by atoms with Gasteiger partial charge in [-0.3, -0.25) is 24.0 Å². The summed E-state index contributed by atoms with van der Waals surface area (Å²) in [6, 6.07) is 16.7. The number of fused-ring (bicyclic) bond motifs is 1. The Bertz CT molecular complexity index is 2200. The molecule has 3 unspecified atom stereocenters. The molecule has 0 bridgehead atoms. The van der Waals surface area contributed by atoms with E-state index in [0.29, 0.717) is 25.0 Å². The number of aryl methyl sites for hydroxylation is 1. The number of phenols is 1. The summed E-state index contributed by atoms with van der Waals surface area (Å²) in [5.74, 6) is -4.80. The number of carboxylic acid groups (broad SMARTS) is 1. The van der Waals surface area contributed by atoms with Crippen molar-refractivity contribution in [1.82, 2.24) is 41.8 Å². The fourth-order valence-electron chi connectivity index (χ4n) is 7.34. The van der Waals surface area contributed by atoms with Crippen molar-refractivity contribution in [3.05, 3.63) is 102 Å². The van der Waals surface area contributed by atoms with Gasteiger partial charge in [-0.15, -0.1) is 0 Å². The molecular weight excluding hydrogens is 809 g/mol. The van der Waals surface area contributed by atoms with Gasteiger partial charge in [0.15, 0.2) is 0 Å². The number of urea groups is 1. The molecule has 1 aromatic heterocycles. The Hall–Kier alpha value is -6.91. The summed E-state index contributed by atoms with van der Waals surface area (Å²) < 4.78 is 0. The van der Waals surface area contributed by atoms with E-state index in [9.17, 15) is 43.8 Å². The van der Waals surface area contributed by atoms with Gasteiger partial charge in [0.2, 0.25) is 29.5 Å². The van der Waals surface area contributed by atoms with E-state index >= 15 is 0 Å². The number of carbonyl (C=O) groups is 7. The van der Waals surface area contributed by atoms with E-state index < -0.39 is 83.7 Å². The zero-order valence-corrected chi connectivity index (χ0v) is 36.0. The molecule has 1 saturated heterocycles. The number of carboxylic acids is 1. The molecule has 2 heterocycles. The average Bonchev–Trinajstić information content (AvgIpc) is 3.68. The molecule has 17 nitrogen and oxygen atoms in total. The number of rotatable bonds is 11. The van der Waals surface area contributed by atoms with Gasteiger partial charge in [-0.1, -0.05) is 74.5 Å². The summed E-state index contributed by atoms with van der Waals surface area (Å²) in [5, 5.41) is 37.0. The zero-order valence-electron chi connectivity index (χ0n) is 36.0. The third-order valence-corrected chi connectivity index (χ3v) is 11.2. The Morgan fingerprint density at radius 3 is 2.17 bits per heavy atom. The molecule has 0 spiro atoms. The number of aromatic hydroxyl groups is 1. The molecule has 7 amide bonds. The number of nitrogens with one attached hydrogen (secondary N) is 7. The molecule has 4 aromatic rings. The minimum atomic E-state index is -1.37. The van der Waals surface area contributed by atoms with Crippen molar-refractivity contribution in [2.45, 2.75) is 102 Å². The first-order chi connectivity index (χ1) is 30.1. The number of aromatic amines is 1. The first kappa shape index (κ1) is 47.1. The van der Waals surface area contributed by atoms with Crippen LogP contribution in [0.1, 0.15) is 63.3 Å². The Kier molecular flexibility index (Phi) is 16.7. The van der Waals surface area contributed by atoms with E-state index in [4.69, 9.17) is 0 Å². The molecule has 1 aliphatic rings. The Balaban J connectivity index is 1.40. The number of likely N-dealkylation sites (N-methyl/N-ethyl adjacent to an activating group) is 1. The molecule has 6 atom stereocenters. The second kappa shape index (κ2) is 22.3. The monoisotopic (exact) mass is 866 g/mol. The minimum Gasteiger partial charge on any atom is -0.508 e. The Morgan fingerprint density at radius 1 is 0.810 bits per heavy atom. The number of nitrogens with zero attached hydrogens (tertiary/aromatic N) is 1. The largest absolute Gasteiger partial charge is 0.508 e. The van der Waals surface area contributed by atoms with Gasteiger partial charge in [0.25, 0.3) is 0 Å². The molecule has 0 aliphatic carbocycles. The molecule has 336 valence electrons. The highest BCUT2D eigenvalue weighted by Crippen LogP contribution is 2.17. The molecule has 5 rings (SSSR count). The summed E-state index contributed by atoms with van der Waals surface area (Å²) in [7, 11) is 1.43. The number of amides is 7. The molecule has 1 aliphatic heterocycles. The highest BCUT2D eigenvalue weighted by atomic mass is 16.4. The summed E-state index contributed by atoms with van der Waals surface area (Å²) in [6.07, 6.45) is 1.16. The van der Waals surface area contributed by atoms with Crippen molar-refractivity contribution in [2.24, 2.45) is 5.92 Å². The third-order valence-electron chi connectivity index (χ3n) is 11.2. The fraction of sp³-hybridized carbons (Fsp3) is 0.413. The molecular formula is C46H58N8O9. The lowest BCUT2D eigenvalue weighted by Crippen LogP contribution is -2.60. The van der Waals surface area contributed by atoms with Gasteiger partial charge in [0, 0.05) is 37.6 Å². The van der Waals surface area contributed by atoms with Crippen LogP contribution in [0, 0.1) is 5.92 Å². The van der Waals surface area contributed by atoms with Gasteiger partial charge < -0.3 is 52.0 Å². The summed E-state index contributed by atoms with van der Waals surface area (Å²) in [6.45, 7) is 5.08. The standard InChI is InChI=1S/C46H58N8O9/c1-27(2)39-43(59)49-36(22-19-29-17-20-33(55)21-18-29)44(60)54(4)28(3)40(56)50-37(24-30-12-6-5-7-13-30)41(57)47-23-11-10-16-35(42(58)53-39)51-46(63)52-38(45(61)62)26-32-25-31-14-8-9-15-34(31)48-32/h5-9,12-15,17-18,20-21,25,27-28,35-39,48,55H,10-11,16,19,22-24,26H2,1-4H3,(H,47,57)(H,49,59)(H,50,56)(H,53,58)(H,61,62)(H2,51,52,63)/t28-,35?,36?,37-,38-,39?/m0/s1. The lowest BCUT2D eigenvalue weighted by Gasteiger charge is -2.31. The Morgan fingerprint density at radius 2 is 1.49 bits per heavy atom. The maximum atomic E-state index is 14.2. The number of carbonyl (C=O) groups excluding carboxylic acids is 6. The van der Waals surface area contributed by atoms with E-state index in [2.05, 4.69) is 36.9 Å². The number of hydrogen-bond donors (Lipinski definition) is 9. The van der Waals surface area contributed by atoms with Gasteiger partial charge in [-0.05, 0) is 85.7 Å². The van der Waals surface area contributed by atoms with Gasteiger partial charge in [0.05, 0.1) is 0 Å². The second-order valence-electron chi connectivity index (χ2n) is 16.3. The molecule has 0 saturated carbocycles. The van der Waals surface area contributed by atoms with Crippen LogP contribution in [0.3, 0.4) is 0 Å². The second-order valence-corrected chi connectivity index (χ2v) is 16.3. The van der Waals surface area contributed by atoms with E-state index in [1.54, 1.807) is 32.0 Å².